The quantitative estimate of drug-likeness (QED) is 0.342. The van der Waals surface area contributed by atoms with E-state index < -0.39 is 5.97 Å². The largest absolute Gasteiger partial charge is 0.508 e. The average Bonchev–Trinajstić information content (AvgIpc) is 2.45. The molecule has 1 aromatic rings. The van der Waals surface area contributed by atoms with Crippen molar-refractivity contribution in [1.82, 2.24) is 0 Å². The molecule has 0 unspecified atom stereocenters. The van der Waals surface area contributed by atoms with Crippen LogP contribution < -0.4 is 0 Å². The fourth-order valence-corrected chi connectivity index (χ4v) is 1.47. The number of hydrogen-bond donors (Lipinski definition) is 1. The van der Waals surface area contributed by atoms with Crippen LogP contribution in [0, 0.1) is 0 Å². The fraction of sp³-hybridized carbons (Fsp3) is 0.438. The van der Waals surface area contributed by atoms with Crippen LogP contribution >= 0.6 is 0 Å². The maximum atomic E-state index is 11.9. The van der Waals surface area contributed by atoms with Crippen molar-refractivity contribution in [1.29, 1.82) is 0 Å². The molecule has 0 atom stereocenters. The highest BCUT2D eigenvalue weighted by atomic mass is 16.6. The third-order valence-corrected chi connectivity index (χ3v) is 2.58. The van der Waals surface area contributed by atoms with E-state index in [4.69, 9.17) is 9.47 Å². The zero-order chi connectivity index (χ0) is 14.8. The van der Waals surface area contributed by atoms with Gasteiger partial charge in [-0.3, -0.25) is 0 Å². The summed E-state index contributed by atoms with van der Waals surface area (Å²) in [5, 5.41) is 9.24. The van der Waals surface area contributed by atoms with Crippen molar-refractivity contribution in [2.75, 3.05) is 13.2 Å². The number of phenols is 1. The molecule has 0 aliphatic heterocycles. The molecule has 4 nitrogen and oxygen atoms in total. The van der Waals surface area contributed by atoms with Crippen LogP contribution in [0.5, 0.6) is 5.75 Å². The molecule has 0 fully saturated rings. The summed E-state index contributed by atoms with van der Waals surface area (Å²) in [5.41, 5.74) is 0.779. The monoisotopic (exact) mass is 278 g/mol. The van der Waals surface area contributed by atoms with Crippen LogP contribution in [0.1, 0.15) is 38.7 Å². The number of aromatic hydroxyl groups is 1. The maximum Gasteiger partial charge on any atom is 0.373 e. The van der Waals surface area contributed by atoms with Gasteiger partial charge in [0.05, 0.1) is 13.2 Å². The van der Waals surface area contributed by atoms with Crippen LogP contribution in [0.4, 0.5) is 0 Å². The van der Waals surface area contributed by atoms with Gasteiger partial charge in [0.25, 0.3) is 0 Å². The molecule has 0 heterocycles. The molecule has 20 heavy (non-hydrogen) atoms. The van der Waals surface area contributed by atoms with Gasteiger partial charge in [0.2, 0.25) is 5.76 Å². The molecule has 0 spiro atoms. The molecule has 1 aromatic carbocycles. The molecular weight excluding hydrogens is 256 g/mol. The van der Waals surface area contributed by atoms with Crippen molar-refractivity contribution in [2.24, 2.45) is 0 Å². The number of benzene rings is 1. The van der Waals surface area contributed by atoms with Gasteiger partial charge in [0.15, 0.2) is 0 Å². The topological polar surface area (TPSA) is 55.8 Å². The second kappa shape index (κ2) is 9.02. The molecule has 0 radical (unpaired) electrons. The Morgan fingerprint density at radius 2 is 1.80 bits per heavy atom. The number of esters is 1. The molecule has 0 saturated carbocycles. The third kappa shape index (κ3) is 5.78. The minimum atomic E-state index is -0.444. The van der Waals surface area contributed by atoms with E-state index in [-0.39, 0.29) is 11.5 Å². The van der Waals surface area contributed by atoms with Crippen molar-refractivity contribution < 1.29 is 19.4 Å². The van der Waals surface area contributed by atoms with E-state index in [0.717, 1.165) is 24.8 Å². The Bertz CT molecular complexity index is 434. The first-order valence-electron chi connectivity index (χ1n) is 6.98. The van der Waals surface area contributed by atoms with Crippen LogP contribution in [-0.4, -0.2) is 24.3 Å². The lowest BCUT2D eigenvalue weighted by atomic mass is 10.2. The Morgan fingerprint density at radius 3 is 2.40 bits per heavy atom. The Hall–Kier alpha value is -1.97. The molecule has 0 aromatic heterocycles. The number of ether oxygens (including phenoxy) is 2. The predicted octanol–water partition coefficient (Wildman–Crippen LogP) is 3.50. The standard InChI is InChI=1S/C16H22O4/c1-3-5-11-20-16(18)15(19-10-4-2)12-13-6-8-14(17)9-7-13/h6-9,12,17H,3-5,10-11H2,1-2H3. The van der Waals surface area contributed by atoms with Crippen molar-refractivity contribution >= 4 is 12.0 Å². The molecule has 0 bridgehead atoms. The van der Waals surface area contributed by atoms with Crippen LogP contribution in [0.15, 0.2) is 30.0 Å². The third-order valence-electron chi connectivity index (χ3n) is 2.58. The number of carbonyl (C=O) groups is 1. The van der Waals surface area contributed by atoms with Gasteiger partial charge in [-0.15, -0.1) is 0 Å². The van der Waals surface area contributed by atoms with Crippen LogP contribution in [0.25, 0.3) is 6.08 Å². The molecule has 1 rings (SSSR count). The number of unbranched alkanes of at least 4 members (excludes halogenated alkanes) is 1. The zero-order valence-electron chi connectivity index (χ0n) is 12.1. The molecule has 0 amide bonds. The first kappa shape index (κ1) is 16.1. The highest BCUT2D eigenvalue weighted by Gasteiger charge is 2.12. The number of carbonyl (C=O) groups excluding carboxylic acids is 1. The summed E-state index contributed by atoms with van der Waals surface area (Å²) in [6, 6.07) is 6.55. The molecule has 4 heteroatoms. The summed E-state index contributed by atoms with van der Waals surface area (Å²) in [6.07, 6.45) is 4.25. The lowest BCUT2D eigenvalue weighted by Crippen LogP contribution is -2.12. The average molecular weight is 278 g/mol. The second-order valence-electron chi connectivity index (χ2n) is 4.44. The fourth-order valence-electron chi connectivity index (χ4n) is 1.47. The predicted molar refractivity (Wildman–Crippen MR) is 78.2 cm³/mol. The van der Waals surface area contributed by atoms with Crippen LogP contribution in [0.2, 0.25) is 0 Å². The molecule has 110 valence electrons. The molecular formula is C16H22O4. The van der Waals surface area contributed by atoms with Gasteiger partial charge in [-0.2, -0.15) is 0 Å². The second-order valence-corrected chi connectivity index (χ2v) is 4.44. The van der Waals surface area contributed by atoms with Crippen molar-refractivity contribution in [3.63, 3.8) is 0 Å². The van der Waals surface area contributed by atoms with Crippen molar-refractivity contribution in [3.8, 4) is 5.75 Å². The number of rotatable bonds is 8. The highest BCUT2D eigenvalue weighted by molar-refractivity contribution is 5.91. The highest BCUT2D eigenvalue weighted by Crippen LogP contribution is 2.14. The van der Waals surface area contributed by atoms with Crippen LogP contribution in [-0.2, 0) is 14.3 Å². The Balaban J connectivity index is 2.76. The smallest absolute Gasteiger partial charge is 0.373 e. The van der Waals surface area contributed by atoms with Crippen molar-refractivity contribution in [3.05, 3.63) is 35.6 Å². The van der Waals surface area contributed by atoms with Gasteiger partial charge in [-0.25, -0.2) is 4.79 Å². The van der Waals surface area contributed by atoms with Gasteiger partial charge in [-0.1, -0.05) is 32.4 Å². The van der Waals surface area contributed by atoms with E-state index in [0.29, 0.717) is 13.2 Å². The van der Waals surface area contributed by atoms with Gasteiger partial charge in [-0.05, 0) is 36.6 Å². The minimum absolute atomic E-state index is 0.184. The Morgan fingerprint density at radius 1 is 1.10 bits per heavy atom. The van der Waals surface area contributed by atoms with E-state index in [2.05, 4.69) is 0 Å². The Kier molecular flexibility index (Phi) is 7.25. The van der Waals surface area contributed by atoms with Crippen molar-refractivity contribution in [2.45, 2.75) is 33.1 Å². The van der Waals surface area contributed by atoms with Gasteiger partial charge < -0.3 is 14.6 Å². The summed E-state index contributed by atoms with van der Waals surface area (Å²) >= 11 is 0. The first-order valence-corrected chi connectivity index (χ1v) is 6.98. The maximum absolute atomic E-state index is 11.9. The zero-order valence-corrected chi connectivity index (χ0v) is 12.1. The van der Waals surface area contributed by atoms with E-state index in [1.807, 2.05) is 13.8 Å². The van der Waals surface area contributed by atoms with E-state index in [1.165, 1.54) is 0 Å². The van der Waals surface area contributed by atoms with E-state index >= 15 is 0 Å². The van der Waals surface area contributed by atoms with E-state index in [1.54, 1.807) is 30.3 Å². The summed E-state index contributed by atoms with van der Waals surface area (Å²) in [5.74, 6) is -0.0580. The van der Waals surface area contributed by atoms with Crippen LogP contribution in [0.3, 0.4) is 0 Å². The Labute approximate surface area is 120 Å². The summed E-state index contributed by atoms with van der Waals surface area (Å²) in [4.78, 5) is 11.9. The van der Waals surface area contributed by atoms with E-state index in [9.17, 15) is 9.90 Å². The summed E-state index contributed by atoms with van der Waals surface area (Å²) < 4.78 is 10.6. The van der Waals surface area contributed by atoms with Gasteiger partial charge in [0.1, 0.15) is 5.75 Å². The molecule has 0 aliphatic rings. The first-order chi connectivity index (χ1) is 9.67. The molecule has 0 aliphatic carbocycles. The molecule has 1 N–H and O–H groups in total. The molecule has 0 saturated heterocycles. The summed E-state index contributed by atoms with van der Waals surface area (Å²) in [7, 11) is 0. The van der Waals surface area contributed by atoms with Gasteiger partial charge >= 0.3 is 5.97 Å². The number of hydrogen-bond acceptors (Lipinski definition) is 4. The minimum Gasteiger partial charge on any atom is -0.508 e. The normalized spacial score (nSPS) is 11.2. The van der Waals surface area contributed by atoms with Gasteiger partial charge in [0, 0.05) is 0 Å². The lowest BCUT2D eigenvalue weighted by Gasteiger charge is -2.09. The lowest BCUT2D eigenvalue weighted by molar-refractivity contribution is -0.143. The number of phenolic OH excluding ortho intramolecular Hbond substituents is 1. The SMILES string of the molecule is CCCCOC(=O)C(=Cc1ccc(O)cc1)OCCC. The summed E-state index contributed by atoms with van der Waals surface area (Å²) in [6.45, 7) is 4.87.